The molecule has 1 rings (SSSR count). The van der Waals surface area contributed by atoms with Crippen molar-refractivity contribution in [3.63, 3.8) is 0 Å². The van der Waals surface area contributed by atoms with Crippen molar-refractivity contribution in [3.8, 4) is 0 Å². The van der Waals surface area contributed by atoms with Gasteiger partial charge in [-0.25, -0.2) is 0 Å². The Hall–Kier alpha value is -1.02. The summed E-state index contributed by atoms with van der Waals surface area (Å²) in [5, 5.41) is 4.79. The molecule has 0 radical (unpaired) electrons. The third-order valence-electron chi connectivity index (χ3n) is 2.54. The molecular weight excluding hydrogens is 198 g/mol. The van der Waals surface area contributed by atoms with E-state index in [1.54, 1.807) is 0 Å². The first-order valence-electron chi connectivity index (χ1n) is 5.66. The summed E-state index contributed by atoms with van der Waals surface area (Å²) in [5.74, 6) is 0.569. The predicted molar refractivity (Wildman–Crippen MR) is 72.5 cm³/mol. The Morgan fingerprint density at radius 3 is 2.60 bits per heavy atom. The smallest absolute Gasteiger partial charge is 0.0392 e. The van der Waals surface area contributed by atoms with Gasteiger partial charge in [0.05, 0.1) is 0 Å². The summed E-state index contributed by atoms with van der Waals surface area (Å²) in [5.41, 5.74) is 2.84. The second kappa shape index (κ2) is 5.76. The van der Waals surface area contributed by atoms with Crippen molar-refractivity contribution < 1.29 is 0 Å². The predicted octanol–water partition coefficient (Wildman–Crippen LogP) is 1.28. The zero-order valence-corrected chi connectivity index (χ0v) is 12.2. The van der Waals surface area contributed by atoms with Crippen molar-refractivity contribution in [3.05, 3.63) is 36.0 Å². The fourth-order valence-electron chi connectivity index (χ4n) is 1.66. The Labute approximate surface area is 96.0 Å². The average molecular weight is 219 g/mol. The van der Waals surface area contributed by atoms with Crippen LogP contribution in [-0.2, 0) is 0 Å². The highest BCUT2D eigenvalue weighted by Crippen LogP contribution is 2.20. The van der Waals surface area contributed by atoms with Crippen molar-refractivity contribution in [1.82, 2.24) is 5.32 Å². The molecule has 1 aromatic rings. The fraction of sp³-hybridized carbons (Fsp3) is 0.385. The molecule has 0 aliphatic carbocycles. The van der Waals surface area contributed by atoms with Gasteiger partial charge in [0, 0.05) is 23.0 Å². The summed E-state index contributed by atoms with van der Waals surface area (Å²) in [6, 6.07) is 8.70. The second-order valence-corrected chi connectivity index (χ2v) is 5.20. The molecule has 0 aliphatic rings. The van der Waals surface area contributed by atoms with Gasteiger partial charge in [0.2, 0.25) is 0 Å². The van der Waals surface area contributed by atoms with Crippen LogP contribution in [0, 0.1) is 5.92 Å². The third kappa shape index (κ3) is 3.24. The van der Waals surface area contributed by atoms with Gasteiger partial charge in [-0.2, -0.15) is 0 Å². The molecule has 0 saturated carbocycles. The minimum absolute atomic E-state index is 0.569. The van der Waals surface area contributed by atoms with Crippen molar-refractivity contribution in [1.29, 1.82) is 0 Å². The maximum absolute atomic E-state index is 3.31. The third-order valence-corrected chi connectivity index (χ3v) is 3.41. The monoisotopic (exact) mass is 219 g/mol. The Bertz CT molecular complexity index is 342. The molecule has 82 valence electrons. The number of hydrogen-bond acceptors (Lipinski definition) is 1. The van der Waals surface area contributed by atoms with E-state index in [9.17, 15) is 0 Å². The lowest BCUT2D eigenvalue weighted by molar-refractivity contribution is 0.834. The Morgan fingerprint density at radius 1 is 1.40 bits per heavy atom. The standard InChI is InChI=1S/C13H21NSi/c1-4-14-9-12(10(2)3)11-7-5-6-8-13(11)15/h5-10,14H,4H2,1-3,15H3. The first-order valence-corrected chi connectivity index (χ1v) is 6.66. The first-order chi connectivity index (χ1) is 7.16. The number of allylic oxidation sites excluding steroid dienone is 1. The molecule has 1 aromatic carbocycles. The van der Waals surface area contributed by atoms with Gasteiger partial charge in [0.15, 0.2) is 0 Å². The molecule has 0 spiro atoms. The quantitative estimate of drug-likeness (QED) is 0.752. The molecule has 0 heterocycles. The maximum atomic E-state index is 3.31. The minimum atomic E-state index is 0.569. The molecule has 0 aliphatic heterocycles. The summed E-state index contributed by atoms with van der Waals surface area (Å²) in [4.78, 5) is 0. The lowest BCUT2D eigenvalue weighted by Crippen LogP contribution is -2.14. The summed E-state index contributed by atoms with van der Waals surface area (Å²) in [6.07, 6.45) is 2.17. The minimum Gasteiger partial charge on any atom is -0.391 e. The SMILES string of the molecule is CCNC=C(c1ccccc1[SiH3])C(C)C. The molecule has 15 heavy (non-hydrogen) atoms. The maximum Gasteiger partial charge on any atom is 0.0392 e. The Kier molecular flexibility index (Phi) is 4.63. The van der Waals surface area contributed by atoms with Gasteiger partial charge in [0.25, 0.3) is 0 Å². The van der Waals surface area contributed by atoms with Crippen LogP contribution in [-0.4, -0.2) is 16.8 Å². The van der Waals surface area contributed by atoms with Crippen LogP contribution in [0.15, 0.2) is 30.5 Å². The number of nitrogens with one attached hydrogen (secondary N) is 1. The van der Waals surface area contributed by atoms with Crippen molar-refractivity contribution in [2.75, 3.05) is 6.54 Å². The number of benzene rings is 1. The van der Waals surface area contributed by atoms with E-state index in [1.165, 1.54) is 16.3 Å². The van der Waals surface area contributed by atoms with Gasteiger partial charge in [-0.05, 0) is 24.0 Å². The highest BCUT2D eigenvalue weighted by atomic mass is 28.1. The summed E-state index contributed by atoms with van der Waals surface area (Å²) in [7, 11) is 1.11. The summed E-state index contributed by atoms with van der Waals surface area (Å²) < 4.78 is 0. The highest BCUT2D eigenvalue weighted by molar-refractivity contribution is 6.34. The van der Waals surface area contributed by atoms with Crippen LogP contribution in [0.5, 0.6) is 0 Å². The topological polar surface area (TPSA) is 12.0 Å². The van der Waals surface area contributed by atoms with Crippen LogP contribution < -0.4 is 10.5 Å². The van der Waals surface area contributed by atoms with Crippen molar-refractivity contribution in [2.24, 2.45) is 5.92 Å². The molecule has 0 fully saturated rings. The van der Waals surface area contributed by atoms with E-state index in [4.69, 9.17) is 0 Å². The van der Waals surface area contributed by atoms with Gasteiger partial charge < -0.3 is 5.32 Å². The van der Waals surface area contributed by atoms with Crippen LogP contribution in [0.2, 0.25) is 0 Å². The summed E-state index contributed by atoms with van der Waals surface area (Å²) in [6.45, 7) is 7.61. The largest absolute Gasteiger partial charge is 0.391 e. The van der Waals surface area contributed by atoms with Crippen LogP contribution in [0.25, 0.3) is 5.57 Å². The molecule has 1 N–H and O–H groups in total. The molecule has 2 heteroatoms. The molecule has 1 nitrogen and oxygen atoms in total. The van der Waals surface area contributed by atoms with E-state index in [0.29, 0.717) is 5.92 Å². The van der Waals surface area contributed by atoms with Gasteiger partial charge in [-0.15, -0.1) is 0 Å². The molecule has 0 atom stereocenters. The van der Waals surface area contributed by atoms with Crippen LogP contribution in [0.1, 0.15) is 26.3 Å². The zero-order valence-electron chi connectivity index (χ0n) is 10.2. The van der Waals surface area contributed by atoms with Crippen LogP contribution >= 0.6 is 0 Å². The molecule has 0 aromatic heterocycles. The Morgan fingerprint density at radius 2 is 2.07 bits per heavy atom. The molecule has 0 amide bonds. The van der Waals surface area contributed by atoms with Crippen molar-refractivity contribution in [2.45, 2.75) is 20.8 Å². The zero-order chi connectivity index (χ0) is 11.3. The second-order valence-electron chi connectivity index (χ2n) is 4.13. The lowest BCUT2D eigenvalue weighted by Gasteiger charge is -2.14. The van der Waals surface area contributed by atoms with Crippen LogP contribution in [0.3, 0.4) is 0 Å². The van der Waals surface area contributed by atoms with E-state index in [1.807, 2.05) is 0 Å². The van der Waals surface area contributed by atoms with Gasteiger partial charge in [-0.1, -0.05) is 43.3 Å². The van der Waals surface area contributed by atoms with Gasteiger partial charge in [0.1, 0.15) is 0 Å². The van der Waals surface area contributed by atoms with E-state index in [0.717, 1.165) is 16.8 Å². The van der Waals surface area contributed by atoms with Gasteiger partial charge >= 0.3 is 0 Å². The van der Waals surface area contributed by atoms with E-state index in [-0.39, 0.29) is 0 Å². The average Bonchev–Trinajstić information content (AvgIpc) is 2.20. The fourth-order valence-corrected chi connectivity index (χ4v) is 2.31. The first kappa shape index (κ1) is 12.0. The number of hydrogen-bond donors (Lipinski definition) is 1. The van der Waals surface area contributed by atoms with E-state index in [2.05, 4.69) is 56.6 Å². The van der Waals surface area contributed by atoms with Crippen molar-refractivity contribution >= 4 is 21.0 Å². The molecule has 0 unspecified atom stereocenters. The molecule has 0 bridgehead atoms. The summed E-state index contributed by atoms with van der Waals surface area (Å²) >= 11 is 0. The highest BCUT2D eigenvalue weighted by Gasteiger charge is 2.07. The lowest BCUT2D eigenvalue weighted by atomic mass is 9.96. The number of rotatable bonds is 4. The van der Waals surface area contributed by atoms with Crippen LogP contribution in [0.4, 0.5) is 0 Å². The van der Waals surface area contributed by atoms with Gasteiger partial charge in [-0.3, -0.25) is 0 Å². The molecular formula is C13H21NSi. The normalized spacial score (nSPS) is 12.1. The van der Waals surface area contributed by atoms with E-state index < -0.39 is 0 Å². The van der Waals surface area contributed by atoms with E-state index >= 15 is 0 Å². The molecule has 0 saturated heterocycles. The Balaban J connectivity index is 3.05.